The average molecular weight is 252 g/mol. The fourth-order valence-corrected chi connectivity index (χ4v) is 2.90. The predicted molar refractivity (Wildman–Crippen MR) is 69.3 cm³/mol. The molecule has 0 amide bonds. The third-order valence-electron chi connectivity index (χ3n) is 3.76. The number of aryl methyl sites for hydroxylation is 1. The highest BCUT2D eigenvalue weighted by molar-refractivity contribution is 5.31. The Balaban J connectivity index is 2.22. The van der Waals surface area contributed by atoms with Crippen molar-refractivity contribution in [2.75, 3.05) is 20.3 Å². The van der Waals surface area contributed by atoms with Gasteiger partial charge in [0.25, 0.3) is 0 Å². The summed E-state index contributed by atoms with van der Waals surface area (Å²) in [7, 11) is 1.55. The van der Waals surface area contributed by atoms with E-state index in [-0.39, 0.29) is 12.5 Å². The van der Waals surface area contributed by atoms with Crippen LogP contribution in [-0.2, 0) is 11.2 Å². The quantitative estimate of drug-likeness (QED) is 0.844. The van der Waals surface area contributed by atoms with Crippen molar-refractivity contribution >= 4 is 0 Å². The molecule has 4 heteroatoms. The third-order valence-corrected chi connectivity index (χ3v) is 3.76. The molecule has 0 saturated heterocycles. The monoisotopic (exact) mass is 252 g/mol. The van der Waals surface area contributed by atoms with Crippen LogP contribution in [0.1, 0.15) is 36.4 Å². The number of methoxy groups -OCH3 is 1. The molecule has 1 aromatic rings. The van der Waals surface area contributed by atoms with Crippen LogP contribution in [-0.4, -0.2) is 30.9 Å². The molecule has 2 N–H and O–H groups in total. The van der Waals surface area contributed by atoms with E-state index in [1.807, 2.05) is 12.1 Å². The summed E-state index contributed by atoms with van der Waals surface area (Å²) in [5.74, 6) is -0.153. The molecule has 3 nitrogen and oxygen atoms in total. The van der Waals surface area contributed by atoms with Crippen molar-refractivity contribution in [2.45, 2.75) is 37.3 Å². The lowest BCUT2D eigenvalue weighted by Crippen LogP contribution is -2.36. The second-order valence-electron chi connectivity index (χ2n) is 5.00. The van der Waals surface area contributed by atoms with E-state index < -0.39 is 5.67 Å². The van der Waals surface area contributed by atoms with E-state index in [2.05, 4.69) is 4.98 Å². The highest BCUT2D eigenvalue weighted by atomic mass is 19.1. The molecule has 1 aromatic heterocycles. The Morgan fingerprint density at radius 1 is 1.61 bits per heavy atom. The highest BCUT2D eigenvalue weighted by Crippen LogP contribution is 2.43. The van der Waals surface area contributed by atoms with Crippen LogP contribution >= 0.6 is 0 Å². The number of fused-ring (bicyclic) bond motifs is 1. The Bertz CT molecular complexity index is 399. The lowest BCUT2D eigenvalue weighted by Gasteiger charge is -2.30. The van der Waals surface area contributed by atoms with Gasteiger partial charge in [0, 0.05) is 24.9 Å². The summed E-state index contributed by atoms with van der Waals surface area (Å²) in [6.45, 7) is 0.630. The number of rotatable bonds is 6. The molecular formula is C14H21FN2O. The maximum atomic E-state index is 15.1. The van der Waals surface area contributed by atoms with Crippen LogP contribution in [0.4, 0.5) is 4.39 Å². The summed E-state index contributed by atoms with van der Waals surface area (Å²) in [5.41, 5.74) is 6.25. The number of aromatic nitrogens is 1. The molecule has 0 radical (unpaired) electrons. The largest absolute Gasteiger partial charge is 0.381 e. The summed E-state index contributed by atoms with van der Waals surface area (Å²) in [6, 6.07) is 3.95. The van der Waals surface area contributed by atoms with E-state index in [0.29, 0.717) is 19.4 Å². The number of nitrogens with zero attached hydrogens (tertiary/aromatic N) is 1. The molecule has 2 unspecified atom stereocenters. The van der Waals surface area contributed by atoms with Gasteiger partial charge in [-0.3, -0.25) is 4.98 Å². The van der Waals surface area contributed by atoms with Crippen LogP contribution in [0.5, 0.6) is 0 Å². The van der Waals surface area contributed by atoms with Crippen molar-refractivity contribution in [1.29, 1.82) is 0 Å². The van der Waals surface area contributed by atoms with Crippen LogP contribution in [0.2, 0.25) is 0 Å². The summed E-state index contributed by atoms with van der Waals surface area (Å²) in [6.07, 6.45) is 4.59. The van der Waals surface area contributed by atoms with Gasteiger partial charge in [0.15, 0.2) is 0 Å². The van der Waals surface area contributed by atoms with E-state index >= 15 is 4.39 Å². The number of ether oxygens (including phenoxy) is 1. The van der Waals surface area contributed by atoms with Gasteiger partial charge in [-0.05, 0) is 43.9 Å². The summed E-state index contributed by atoms with van der Waals surface area (Å²) >= 11 is 0. The Kier molecular flexibility index (Phi) is 4.30. The minimum atomic E-state index is -1.34. The van der Waals surface area contributed by atoms with Gasteiger partial charge in [0.2, 0.25) is 0 Å². The standard InChI is InChI=1S/C14H21FN2O/c1-18-10-14(15,7-3-8-16)12-6-5-11-4-2-9-17-13(11)12/h2,4,9,12H,3,5-8,10,16H2,1H3. The number of hydrogen-bond acceptors (Lipinski definition) is 3. The number of halogens is 1. The first-order valence-electron chi connectivity index (χ1n) is 6.53. The molecule has 18 heavy (non-hydrogen) atoms. The third kappa shape index (κ3) is 2.54. The number of alkyl halides is 1. The van der Waals surface area contributed by atoms with E-state index in [9.17, 15) is 0 Å². The first kappa shape index (κ1) is 13.4. The SMILES string of the molecule is COCC(F)(CCCN)C1CCc2cccnc21. The topological polar surface area (TPSA) is 48.1 Å². The van der Waals surface area contributed by atoms with E-state index in [0.717, 1.165) is 18.5 Å². The normalized spacial score (nSPS) is 21.6. The second kappa shape index (κ2) is 5.76. The molecule has 2 rings (SSSR count). The lowest BCUT2D eigenvalue weighted by atomic mass is 9.84. The maximum absolute atomic E-state index is 15.1. The lowest BCUT2D eigenvalue weighted by molar-refractivity contribution is 0.0110. The van der Waals surface area contributed by atoms with Gasteiger partial charge < -0.3 is 10.5 Å². The van der Waals surface area contributed by atoms with Crippen molar-refractivity contribution in [3.8, 4) is 0 Å². The predicted octanol–water partition coefficient (Wildman–Crippen LogP) is 2.21. The first-order chi connectivity index (χ1) is 8.71. The molecule has 1 heterocycles. The Labute approximate surface area is 108 Å². The zero-order chi connectivity index (χ0) is 13.0. The number of nitrogens with two attached hydrogens (primary N) is 1. The molecule has 0 fully saturated rings. The molecular weight excluding hydrogens is 231 g/mol. The van der Waals surface area contributed by atoms with Crippen LogP contribution in [0.25, 0.3) is 0 Å². The molecule has 0 aliphatic heterocycles. The smallest absolute Gasteiger partial charge is 0.142 e. The van der Waals surface area contributed by atoms with Gasteiger partial charge in [0.1, 0.15) is 5.67 Å². The van der Waals surface area contributed by atoms with E-state index in [1.165, 1.54) is 5.56 Å². The fourth-order valence-electron chi connectivity index (χ4n) is 2.90. The molecule has 1 aliphatic carbocycles. The molecule has 100 valence electrons. The first-order valence-corrected chi connectivity index (χ1v) is 6.53. The van der Waals surface area contributed by atoms with Crippen LogP contribution in [0.15, 0.2) is 18.3 Å². The molecule has 1 aliphatic rings. The highest BCUT2D eigenvalue weighted by Gasteiger charge is 2.43. The van der Waals surface area contributed by atoms with Crippen LogP contribution < -0.4 is 5.73 Å². The van der Waals surface area contributed by atoms with E-state index in [4.69, 9.17) is 10.5 Å². The van der Waals surface area contributed by atoms with Gasteiger partial charge in [-0.25, -0.2) is 4.39 Å². The summed E-state index contributed by atoms with van der Waals surface area (Å²) in [4.78, 5) is 4.37. The molecule has 0 saturated carbocycles. The average Bonchev–Trinajstić information content (AvgIpc) is 2.81. The maximum Gasteiger partial charge on any atom is 0.142 e. The van der Waals surface area contributed by atoms with Crippen molar-refractivity contribution in [1.82, 2.24) is 4.98 Å². The minimum absolute atomic E-state index is 0.119. The van der Waals surface area contributed by atoms with Crippen molar-refractivity contribution in [3.63, 3.8) is 0 Å². The summed E-state index contributed by atoms with van der Waals surface area (Å²) in [5, 5.41) is 0. The van der Waals surface area contributed by atoms with Crippen molar-refractivity contribution in [3.05, 3.63) is 29.6 Å². The van der Waals surface area contributed by atoms with Crippen LogP contribution in [0, 0.1) is 0 Å². The second-order valence-corrected chi connectivity index (χ2v) is 5.00. The van der Waals surface area contributed by atoms with Gasteiger partial charge in [-0.2, -0.15) is 0 Å². The van der Waals surface area contributed by atoms with Gasteiger partial charge in [0.05, 0.1) is 6.61 Å². The van der Waals surface area contributed by atoms with Crippen molar-refractivity contribution < 1.29 is 9.13 Å². The number of hydrogen-bond donors (Lipinski definition) is 1. The number of pyridine rings is 1. The molecule has 0 aromatic carbocycles. The molecule has 0 bridgehead atoms. The Morgan fingerprint density at radius 2 is 2.44 bits per heavy atom. The molecule has 0 spiro atoms. The van der Waals surface area contributed by atoms with Gasteiger partial charge >= 0.3 is 0 Å². The molecule has 2 atom stereocenters. The fraction of sp³-hybridized carbons (Fsp3) is 0.643. The zero-order valence-electron chi connectivity index (χ0n) is 10.9. The minimum Gasteiger partial charge on any atom is -0.381 e. The summed E-state index contributed by atoms with van der Waals surface area (Å²) < 4.78 is 20.2. The van der Waals surface area contributed by atoms with E-state index in [1.54, 1.807) is 13.3 Å². The Morgan fingerprint density at radius 3 is 3.17 bits per heavy atom. The van der Waals surface area contributed by atoms with Gasteiger partial charge in [-0.1, -0.05) is 6.07 Å². The van der Waals surface area contributed by atoms with Gasteiger partial charge in [-0.15, -0.1) is 0 Å². The zero-order valence-corrected chi connectivity index (χ0v) is 10.9. The van der Waals surface area contributed by atoms with Crippen molar-refractivity contribution in [2.24, 2.45) is 5.73 Å². The Hall–Kier alpha value is -1.00. The van der Waals surface area contributed by atoms with Crippen LogP contribution in [0.3, 0.4) is 0 Å².